The number of carbonyl (C=O) groups is 2. The minimum atomic E-state index is -2.16. The van der Waals surface area contributed by atoms with Crippen LogP contribution in [0.3, 0.4) is 0 Å². The minimum absolute atomic E-state index is 0.0125. The molecule has 3 rings (SSSR count). The highest BCUT2D eigenvalue weighted by Gasteiger charge is 2.46. The zero-order chi connectivity index (χ0) is 25.1. The van der Waals surface area contributed by atoms with Crippen molar-refractivity contribution in [1.29, 1.82) is 0 Å². The molecule has 0 spiro atoms. The van der Waals surface area contributed by atoms with Gasteiger partial charge in [-0.2, -0.15) is 0 Å². The second-order valence-electron chi connectivity index (χ2n) is 10.7. The van der Waals surface area contributed by atoms with Gasteiger partial charge in [-0.3, -0.25) is 9.69 Å². The van der Waals surface area contributed by atoms with Crippen LogP contribution in [0.1, 0.15) is 61.2 Å². The molecule has 2 amide bonds. The first-order valence-corrected chi connectivity index (χ1v) is 14.9. The molecule has 0 aromatic heterocycles. The second kappa shape index (κ2) is 10.3. The van der Waals surface area contributed by atoms with Gasteiger partial charge in [-0.1, -0.05) is 63.2 Å². The Morgan fingerprint density at radius 3 is 2.24 bits per heavy atom. The van der Waals surface area contributed by atoms with E-state index in [9.17, 15) is 14.7 Å². The lowest BCUT2D eigenvalue weighted by atomic mass is 10.0. The average molecular weight is 483 g/mol. The normalized spacial score (nSPS) is 19.6. The molecule has 1 heterocycles. The Morgan fingerprint density at radius 2 is 1.71 bits per heavy atom. The lowest BCUT2D eigenvalue weighted by Crippen LogP contribution is -2.49. The Kier molecular flexibility index (Phi) is 7.88. The lowest BCUT2D eigenvalue weighted by Gasteiger charge is -2.42. The Labute approximate surface area is 204 Å². The predicted octanol–water partition coefficient (Wildman–Crippen LogP) is 5.86. The summed E-state index contributed by atoms with van der Waals surface area (Å²) in [7, 11) is -0.551. The summed E-state index contributed by atoms with van der Waals surface area (Å²) in [4.78, 5) is 26.0. The first-order valence-electron chi connectivity index (χ1n) is 12.0. The van der Waals surface area contributed by atoms with Crippen molar-refractivity contribution < 1.29 is 19.1 Å². The average Bonchev–Trinajstić information content (AvgIpc) is 3.20. The molecule has 7 heteroatoms. The summed E-state index contributed by atoms with van der Waals surface area (Å²) in [5.41, 5.74) is 2.64. The third kappa shape index (κ3) is 5.70. The summed E-state index contributed by atoms with van der Waals surface area (Å²) >= 11 is 0. The number of carboxylic acid groups (broad SMARTS) is 1. The van der Waals surface area contributed by atoms with E-state index in [0.717, 1.165) is 24.0 Å². The Hall–Kier alpha value is -2.64. The number of likely N-dealkylation sites (tertiary alicyclic amines) is 1. The molecule has 2 aromatic rings. The molecule has 1 saturated heterocycles. The molecule has 6 nitrogen and oxygen atoms in total. The van der Waals surface area contributed by atoms with Crippen LogP contribution in [0.15, 0.2) is 54.6 Å². The quantitative estimate of drug-likeness (QED) is 0.484. The van der Waals surface area contributed by atoms with Crippen molar-refractivity contribution in [2.75, 3.05) is 7.05 Å². The van der Waals surface area contributed by atoms with Crippen LogP contribution in [0.2, 0.25) is 18.1 Å². The van der Waals surface area contributed by atoms with Gasteiger partial charge in [0, 0.05) is 18.7 Å². The predicted molar refractivity (Wildman–Crippen MR) is 138 cm³/mol. The number of rotatable bonds is 7. The molecule has 2 N–H and O–H groups in total. The fourth-order valence-corrected chi connectivity index (χ4v) is 5.70. The highest BCUT2D eigenvalue weighted by Crippen LogP contribution is 2.44. The van der Waals surface area contributed by atoms with E-state index in [2.05, 4.69) is 39.2 Å². The molecule has 1 fully saturated rings. The van der Waals surface area contributed by atoms with E-state index in [0.29, 0.717) is 12.0 Å². The lowest BCUT2D eigenvalue weighted by molar-refractivity contribution is 0.0598. The molecule has 3 atom stereocenters. The van der Waals surface area contributed by atoms with Crippen LogP contribution in [0, 0.1) is 0 Å². The fourth-order valence-electron chi connectivity index (χ4n) is 4.42. The number of hydrogen-bond acceptors (Lipinski definition) is 3. The zero-order valence-corrected chi connectivity index (χ0v) is 22.2. The van der Waals surface area contributed by atoms with Crippen molar-refractivity contribution in [2.45, 2.75) is 76.4 Å². The van der Waals surface area contributed by atoms with E-state index in [-0.39, 0.29) is 29.1 Å². The van der Waals surface area contributed by atoms with Crippen LogP contribution in [0.4, 0.5) is 4.79 Å². The maximum atomic E-state index is 12.5. The SMILES string of the molecule is CNC(=O)c1ccc(C[C@@H]2CC[C@H]([C@H](O[Si](C)(C)C(C)(C)C)c3ccccc3)N2C(=O)O)cc1. The monoisotopic (exact) mass is 482 g/mol. The summed E-state index contributed by atoms with van der Waals surface area (Å²) < 4.78 is 6.90. The number of carbonyl (C=O) groups excluding carboxylic acids is 1. The van der Waals surface area contributed by atoms with Gasteiger partial charge in [0.1, 0.15) is 0 Å². The van der Waals surface area contributed by atoms with Gasteiger partial charge in [-0.25, -0.2) is 4.79 Å². The molecule has 0 aliphatic carbocycles. The molecular weight excluding hydrogens is 444 g/mol. The molecule has 0 bridgehead atoms. The van der Waals surface area contributed by atoms with E-state index in [1.165, 1.54) is 0 Å². The summed E-state index contributed by atoms with van der Waals surface area (Å²) in [5, 5.41) is 12.9. The van der Waals surface area contributed by atoms with Crippen LogP contribution < -0.4 is 5.32 Å². The molecule has 0 saturated carbocycles. The van der Waals surface area contributed by atoms with Crippen LogP contribution >= 0.6 is 0 Å². The fraction of sp³-hybridized carbons (Fsp3) is 0.481. The first-order chi connectivity index (χ1) is 15.9. The van der Waals surface area contributed by atoms with Crippen LogP contribution in [0.5, 0.6) is 0 Å². The van der Waals surface area contributed by atoms with Crippen molar-refractivity contribution in [1.82, 2.24) is 10.2 Å². The molecular formula is C27H38N2O4Si. The van der Waals surface area contributed by atoms with Gasteiger partial charge in [0.25, 0.3) is 5.91 Å². The van der Waals surface area contributed by atoms with Gasteiger partial charge in [0.05, 0.1) is 12.1 Å². The molecule has 0 radical (unpaired) electrons. The molecule has 2 aromatic carbocycles. The molecule has 1 aliphatic rings. The van der Waals surface area contributed by atoms with E-state index in [1.807, 2.05) is 42.5 Å². The Bertz CT molecular complexity index is 986. The van der Waals surface area contributed by atoms with Gasteiger partial charge in [0.15, 0.2) is 8.32 Å². The zero-order valence-electron chi connectivity index (χ0n) is 21.2. The maximum Gasteiger partial charge on any atom is 0.407 e. The second-order valence-corrected chi connectivity index (χ2v) is 15.4. The summed E-state index contributed by atoms with van der Waals surface area (Å²) in [6.07, 6.45) is 0.922. The number of benzene rings is 2. The van der Waals surface area contributed by atoms with Gasteiger partial charge in [-0.15, -0.1) is 0 Å². The Balaban J connectivity index is 1.88. The molecule has 34 heavy (non-hydrogen) atoms. The molecule has 1 aliphatic heterocycles. The molecule has 0 unspecified atom stereocenters. The maximum absolute atomic E-state index is 12.5. The third-order valence-corrected chi connectivity index (χ3v) is 11.8. The van der Waals surface area contributed by atoms with E-state index < -0.39 is 14.4 Å². The topological polar surface area (TPSA) is 78.9 Å². The van der Waals surface area contributed by atoms with Crippen molar-refractivity contribution >= 4 is 20.3 Å². The van der Waals surface area contributed by atoms with Crippen molar-refractivity contribution in [3.8, 4) is 0 Å². The van der Waals surface area contributed by atoms with Crippen LogP contribution in [0.25, 0.3) is 0 Å². The van der Waals surface area contributed by atoms with Crippen molar-refractivity contribution in [3.05, 3.63) is 71.3 Å². The standard InChI is InChI=1S/C27H38N2O4Si/c1-27(2,3)34(5,6)33-24(20-10-8-7-9-11-20)23-17-16-22(29(23)26(31)32)18-19-12-14-21(15-13-19)25(30)28-4/h7-15,22-24H,16-18H2,1-6H3,(H,28,30)(H,31,32)/t22-,23+,24+/m0/s1. The number of nitrogens with one attached hydrogen (secondary N) is 1. The minimum Gasteiger partial charge on any atom is -0.465 e. The summed E-state index contributed by atoms with van der Waals surface area (Å²) in [5.74, 6) is -0.131. The van der Waals surface area contributed by atoms with Crippen molar-refractivity contribution in [2.24, 2.45) is 0 Å². The molecule has 184 valence electrons. The highest BCUT2D eigenvalue weighted by molar-refractivity contribution is 6.74. The van der Waals surface area contributed by atoms with Crippen LogP contribution in [-0.2, 0) is 10.8 Å². The third-order valence-electron chi connectivity index (χ3n) is 7.39. The number of amides is 2. The summed E-state index contributed by atoms with van der Waals surface area (Å²) in [6.45, 7) is 11.0. The number of hydrogen-bond donors (Lipinski definition) is 2. The van der Waals surface area contributed by atoms with Crippen molar-refractivity contribution in [3.63, 3.8) is 0 Å². The van der Waals surface area contributed by atoms with Gasteiger partial charge < -0.3 is 14.8 Å². The highest BCUT2D eigenvalue weighted by atomic mass is 28.4. The summed E-state index contributed by atoms with van der Waals surface area (Å²) in [6, 6.07) is 17.1. The van der Waals surface area contributed by atoms with E-state index >= 15 is 0 Å². The Morgan fingerprint density at radius 1 is 1.09 bits per heavy atom. The van der Waals surface area contributed by atoms with Gasteiger partial charge in [-0.05, 0) is 60.7 Å². The van der Waals surface area contributed by atoms with E-state index in [1.54, 1.807) is 24.1 Å². The largest absolute Gasteiger partial charge is 0.465 e. The van der Waals surface area contributed by atoms with E-state index in [4.69, 9.17) is 4.43 Å². The number of nitrogens with zero attached hydrogens (tertiary/aromatic N) is 1. The smallest absolute Gasteiger partial charge is 0.407 e. The van der Waals surface area contributed by atoms with Gasteiger partial charge in [0.2, 0.25) is 0 Å². The first kappa shape index (κ1) is 26.0. The van der Waals surface area contributed by atoms with Gasteiger partial charge >= 0.3 is 6.09 Å². The van der Waals surface area contributed by atoms with Crippen LogP contribution in [-0.4, -0.2) is 49.5 Å².